The van der Waals surface area contributed by atoms with Crippen LogP contribution >= 0.6 is 0 Å². The first kappa shape index (κ1) is 15.0. The summed E-state index contributed by atoms with van der Waals surface area (Å²) in [5.74, 6) is -0.368. The average molecular weight is 283 g/mol. The SMILES string of the molecule is CCN(Cc1ccc(N)cc1)Cc1cc(F)cc(C#N)c1. The summed E-state index contributed by atoms with van der Waals surface area (Å²) >= 11 is 0. The topological polar surface area (TPSA) is 53.0 Å². The molecule has 0 heterocycles. The quantitative estimate of drug-likeness (QED) is 0.857. The number of halogens is 1. The molecule has 0 fully saturated rings. The number of anilines is 1. The van der Waals surface area contributed by atoms with Gasteiger partial charge in [-0.1, -0.05) is 19.1 Å². The highest BCUT2D eigenvalue weighted by Gasteiger charge is 2.07. The van der Waals surface area contributed by atoms with Crippen LogP contribution in [0.1, 0.15) is 23.6 Å². The predicted octanol–water partition coefficient (Wildman–Crippen LogP) is 3.30. The van der Waals surface area contributed by atoms with E-state index in [1.54, 1.807) is 6.07 Å². The van der Waals surface area contributed by atoms with Crippen molar-refractivity contribution >= 4 is 5.69 Å². The molecule has 0 amide bonds. The molecule has 0 aliphatic rings. The highest BCUT2D eigenvalue weighted by molar-refractivity contribution is 5.39. The largest absolute Gasteiger partial charge is 0.399 e. The van der Waals surface area contributed by atoms with Gasteiger partial charge in [-0.3, -0.25) is 4.90 Å². The average Bonchev–Trinajstić information content (AvgIpc) is 2.48. The number of nitriles is 1. The van der Waals surface area contributed by atoms with E-state index >= 15 is 0 Å². The van der Waals surface area contributed by atoms with Gasteiger partial charge < -0.3 is 5.73 Å². The van der Waals surface area contributed by atoms with Gasteiger partial charge in [-0.15, -0.1) is 0 Å². The van der Waals surface area contributed by atoms with Crippen molar-refractivity contribution in [2.24, 2.45) is 0 Å². The Morgan fingerprint density at radius 1 is 1.10 bits per heavy atom. The lowest BCUT2D eigenvalue weighted by molar-refractivity contribution is 0.271. The Morgan fingerprint density at radius 3 is 2.38 bits per heavy atom. The molecule has 0 saturated heterocycles. The van der Waals surface area contributed by atoms with Crippen molar-refractivity contribution in [3.8, 4) is 6.07 Å². The van der Waals surface area contributed by atoms with Gasteiger partial charge >= 0.3 is 0 Å². The van der Waals surface area contributed by atoms with E-state index < -0.39 is 0 Å². The second-order valence-electron chi connectivity index (χ2n) is 5.00. The van der Waals surface area contributed by atoms with Gasteiger partial charge in [0.15, 0.2) is 0 Å². The molecule has 2 rings (SSSR count). The summed E-state index contributed by atoms with van der Waals surface area (Å²) in [5.41, 5.74) is 8.74. The van der Waals surface area contributed by atoms with Crippen LogP contribution in [-0.2, 0) is 13.1 Å². The normalized spacial score (nSPS) is 10.6. The van der Waals surface area contributed by atoms with E-state index in [1.165, 1.54) is 12.1 Å². The number of nitrogens with two attached hydrogens (primary N) is 1. The third kappa shape index (κ3) is 4.30. The fourth-order valence-corrected chi connectivity index (χ4v) is 2.23. The van der Waals surface area contributed by atoms with Gasteiger partial charge in [-0.25, -0.2) is 4.39 Å². The number of benzene rings is 2. The lowest BCUT2D eigenvalue weighted by Crippen LogP contribution is -2.22. The minimum atomic E-state index is -0.368. The summed E-state index contributed by atoms with van der Waals surface area (Å²) in [7, 11) is 0. The third-order valence-electron chi connectivity index (χ3n) is 3.33. The zero-order valence-corrected chi connectivity index (χ0v) is 12.0. The number of nitrogen functional groups attached to an aromatic ring is 1. The monoisotopic (exact) mass is 283 g/mol. The van der Waals surface area contributed by atoms with Crippen molar-refractivity contribution in [2.75, 3.05) is 12.3 Å². The number of hydrogen-bond donors (Lipinski definition) is 1. The van der Waals surface area contributed by atoms with Crippen molar-refractivity contribution in [1.29, 1.82) is 5.26 Å². The molecule has 2 N–H and O–H groups in total. The van der Waals surface area contributed by atoms with Gasteiger partial charge in [0.1, 0.15) is 5.82 Å². The molecule has 2 aromatic rings. The molecule has 0 saturated carbocycles. The molecule has 0 aromatic heterocycles. The molecule has 0 aliphatic carbocycles. The van der Waals surface area contributed by atoms with Crippen LogP contribution in [0.2, 0.25) is 0 Å². The van der Waals surface area contributed by atoms with E-state index in [0.29, 0.717) is 12.1 Å². The Kier molecular flexibility index (Phi) is 4.91. The molecular weight excluding hydrogens is 265 g/mol. The molecule has 2 aromatic carbocycles. The lowest BCUT2D eigenvalue weighted by atomic mass is 10.1. The molecule has 108 valence electrons. The fraction of sp³-hybridized carbons (Fsp3) is 0.235. The van der Waals surface area contributed by atoms with E-state index in [4.69, 9.17) is 11.0 Å². The number of nitrogens with zero attached hydrogens (tertiary/aromatic N) is 2. The van der Waals surface area contributed by atoms with E-state index in [-0.39, 0.29) is 5.82 Å². The smallest absolute Gasteiger partial charge is 0.124 e. The summed E-state index contributed by atoms with van der Waals surface area (Å²) in [6.07, 6.45) is 0. The van der Waals surface area contributed by atoms with Crippen molar-refractivity contribution in [3.63, 3.8) is 0 Å². The minimum Gasteiger partial charge on any atom is -0.399 e. The number of hydrogen-bond acceptors (Lipinski definition) is 3. The molecule has 4 heteroatoms. The fourth-order valence-electron chi connectivity index (χ4n) is 2.23. The van der Waals surface area contributed by atoms with E-state index in [1.807, 2.05) is 30.3 Å². The second-order valence-corrected chi connectivity index (χ2v) is 5.00. The molecular formula is C17H18FN3. The molecule has 0 radical (unpaired) electrons. The second kappa shape index (κ2) is 6.87. The molecule has 0 bridgehead atoms. The summed E-state index contributed by atoms with van der Waals surface area (Å²) < 4.78 is 13.5. The summed E-state index contributed by atoms with van der Waals surface area (Å²) in [6.45, 7) is 4.26. The summed E-state index contributed by atoms with van der Waals surface area (Å²) in [4.78, 5) is 2.18. The molecule has 0 unspecified atom stereocenters. The van der Waals surface area contributed by atoms with Crippen LogP contribution in [0.25, 0.3) is 0 Å². The van der Waals surface area contributed by atoms with Gasteiger partial charge in [-0.05, 0) is 48.0 Å². The van der Waals surface area contributed by atoms with Gasteiger partial charge in [0, 0.05) is 18.8 Å². The van der Waals surface area contributed by atoms with Crippen LogP contribution in [0, 0.1) is 17.1 Å². The Morgan fingerprint density at radius 2 is 1.76 bits per heavy atom. The molecule has 3 nitrogen and oxygen atoms in total. The van der Waals surface area contributed by atoms with Crippen molar-refractivity contribution in [3.05, 3.63) is 65.0 Å². The van der Waals surface area contributed by atoms with E-state index in [9.17, 15) is 4.39 Å². The molecule has 0 atom stereocenters. The third-order valence-corrected chi connectivity index (χ3v) is 3.33. The first-order valence-electron chi connectivity index (χ1n) is 6.87. The summed E-state index contributed by atoms with van der Waals surface area (Å²) in [6, 6.07) is 14.2. The Hall–Kier alpha value is -2.38. The van der Waals surface area contributed by atoms with Crippen LogP contribution in [0.3, 0.4) is 0 Å². The van der Waals surface area contributed by atoms with Gasteiger partial charge in [0.25, 0.3) is 0 Å². The maximum absolute atomic E-state index is 13.5. The zero-order valence-electron chi connectivity index (χ0n) is 12.0. The van der Waals surface area contributed by atoms with Crippen LogP contribution < -0.4 is 5.73 Å². The maximum atomic E-state index is 13.5. The van der Waals surface area contributed by atoms with Gasteiger partial charge in [0.05, 0.1) is 11.6 Å². The zero-order chi connectivity index (χ0) is 15.2. The Balaban J connectivity index is 2.10. The predicted molar refractivity (Wildman–Crippen MR) is 81.8 cm³/mol. The van der Waals surface area contributed by atoms with Crippen LogP contribution in [0.15, 0.2) is 42.5 Å². The highest BCUT2D eigenvalue weighted by atomic mass is 19.1. The number of rotatable bonds is 5. The molecule has 0 aliphatic heterocycles. The standard InChI is InChI=1S/C17H18FN3/c1-2-21(11-13-3-5-17(20)6-4-13)12-15-7-14(10-19)8-16(18)9-15/h3-9H,2,11-12,20H2,1H3. The Labute approximate surface area is 124 Å². The van der Waals surface area contributed by atoms with Crippen LogP contribution in [0.5, 0.6) is 0 Å². The maximum Gasteiger partial charge on any atom is 0.124 e. The summed E-state index contributed by atoms with van der Waals surface area (Å²) in [5, 5.41) is 8.90. The first-order chi connectivity index (χ1) is 10.1. The van der Waals surface area contributed by atoms with Crippen LogP contribution in [0.4, 0.5) is 10.1 Å². The van der Waals surface area contributed by atoms with Crippen LogP contribution in [-0.4, -0.2) is 11.4 Å². The van der Waals surface area contributed by atoms with Gasteiger partial charge in [-0.2, -0.15) is 5.26 Å². The van der Waals surface area contributed by atoms with E-state index in [0.717, 1.165) is 29.9 Å². The molecule has 0 spiro atoms. The van der Waals surface area contributed by atoms with E-state index in [2.05, 4.69) is 11.8 Å². The van der Waals surface area contributed by atoms with Crippen molar-refractivity contribution in [2.45, 2.75) is 20.0 Å². The molecule has 21 heavy (non-hydrogen) atoms. The van der Waals surface area contributed by atoms with Crippen molar-refractivity contribution < 1.29 is 4.39 Å². The van der Waals surface area contributed by atoms with Gasteiger partial charge in [0.2, 0.25) is 0 Å². The minimum absolute atomic E-state index is 0.355. The lowest BCUT2D eigenvalue weighted by Gasteiger charge is -2.21. The van der Waals surface area contributed by atoms with Crippen molar-refractivity contribution in [1.82, 2.24) is 4.90 Å². The first-order valence-corrected chi connectivity index (χ1v) is 6.87. The highest BCUT2D eigenvalue weighted by Crippen LogP contribution is 2.14. The Bertz CT molecular complexity index is 644.